The average molecular weight is 349 g/mol. The van der Waals surface area contributed by atoms with E-state index >= 15 is 0 Å². The van der Waals surface area contributed by atoms with Crippen molar-refractivity contribution in [2.45, 2.75) is 65.2 Å². The molecule has 140 valence electrons. The predicted octanol–water partition coefficient (Wildman–Crippen LogP) is 7.64. The van der Waals surface area contributed by atoms with E-state index in [4.69, 9.17) is 0 Å². The van der Waals surface area contributed by atoms with Crippen molar-refractivity contribution >= 4 is 0 Å². The molecular weight excluding hydrogens is 312 g/mol. The third-order valence-corrected chi connectivity index (χ3v) is 5.43. The molecule has 2 aromatic rings. The minimum atomic E-state index is 0.715. The van der Waals surface area contributed by atoms with Crippen molar-refractivity contribution in [3.8, 4) is 0 Å². The Morgan fingerprint density at radius 3 is 1.35 bits per heavy atom. The Morgan fingerprint density at radius 1 is 0.577 bits per heavy atom. The smallest absolute Gasteiger partial charge is 0.0250 e. The van der Waals surface area contributed by atoms with E-state index in [0.29, 0.717) is 11.8 Å². The van der Waals surface area contributed by atoms with Gasteiger partial charge >= 0.3 is 0 Å². The molecule has 0 amide bonds. The number of hydrogen-bond donors (Lipinski definition) is 0. The molecule has 0 aromatic heterocycles. The fraction of sp³-hybridized carbons (Fsp3) is 0.462. The van der Waals surface area contributed by atoms with Crippen molar-refractivity contribution in [1.82, 2.24) is 0 Å². The lowest BCUT2D eigenvalue weighted by Gasteiger charge is -2.20. The first-order valence-corrected chi connectivity index (χ1v) is 10.5. The molecule has 0 aliphatic heterocycles. The van der Waals surface area contributed by atoms with Crippen molar-refractivity contribution in [3.63, 3.8) is 0 Å². The van der Waals surface area contributed by atoms with E-state index in [9.17, 15) is 0 Å². The second-order valence-electron chi connectivity index (χ2n) is 7.80. The number of hydrogen-bond acceptors (Lipinski definition) is 0. The third-order valence-electron chi connectivity index (χ3n) is 5.43. The lowest BCUT2D eigenvalue weighted by atomic mass is 9.85. The zero-order chi connectivity index (χ0) is 18.5. The van der Waals surface area contributed by atoms with E-state index < -0.39 is 0 Å². The molecule has 2 unspecified atom stereocenters. The maximum absolute atomic E-state index is 2.36. The van der Waals surface area contributed by atoms with Gasteiger partial charge in [0.2, 0.25) is 0 Å². The van der Waals surface area contributed by atoms with Gasteiger partial charge in [0.05, 0.1) is 0 Å². The Kier molecular flexibility index (Phi) is 9.87. The maximum atomic E-state index is 2.36. The summed E-state index contributed by atoms with van der Waals surface area (Å²) in [4.78, 5) is 0. The Morgan fingerprint density at radius 2 is 0.962 bits per heavy atom. The molecule has 0 heterocycles. The summed E-state index contributed by atoms with van der Waals surface area (Å²) in [6.07, 6.45) is 15.4. The summed E-state index contributed by atoms with van der Waals surface area (Å²) in [6, 6.07) is 21.6. The predicted molar refractivity (Wildman–Crippen MR) is 115 cm³/mol. The van der Waals surface area contributed by atoms with Crippen LogP contribution >= 0.6 is 0 Å². The van der Waals surface area contributed by atoms with Crippen LogP contribution in [0.25, 0.3) is 0 Å². The zero-order valence-corrected chi connectivity index (χ0v) is 16.7. The van der Waals surface area contributed by atoms with Crippen LogP contribution in [0.5, 0.6) is 0 Å². The van der Waals surface area contributed by atoms with Crippen molar-refractivity contribution in [2.75, 3.05) is 0 Å². The van der Waals surface area contributed by atoms with Crippen LogP contribution in [0.4, 0.5) is 0 Å². The van der Waals surface area contributed by atoms with E-state index in [1.165, 1.54) is 62.5 Å². The van der Waals surface area contributed by atoms with Crippen LogP contribution in [0.2, 0.25) is 0 Å². The van der Waals surface area contributed by atoms with Crippen molar-refractivity contribution in [1.29, 1.82) is 0 Å². The summed E-state index contributed by atoms with van der Waals surface area (Å²) in [5.41, 5.74) is 2.90. The van der Waals surface area contributed by atoms with Crippen molar-refractivity contribution in [2.24, 2.45) is 11.8 Å². The standard InChI is InChI=1S/C18H22.C8H14/c1-15(13-17-9-5-3-6-10-17)16(2)14-18-11-7-4-8-12-18;1-2-4-6-8-7-5-3-1/h3-12,15-16H,13-14H2,1-2H3;1-2H,3-8H2/b;2-1-. The van der Waals surface area contributed by atoms with Gasteiger partial charge in [0.25, 0.3) is 0 Å². The second-order valence-corrected chi connectivity index (χ2v) is 7.80. The summed E-state index contributed by atoms with van der Waals surface area (Å²) in [6.45, 7) is 4.72. The molecule has 0 N–H and O–H groups in total. The van der Waals surface area contributed by atoms with Crippen LogP contribution in [-0.2, 0) is 12.8 Å². The highest BCUT2D eigenvalue weighted by Gasteiger charge is 2.13. The SMILES string of the molecule is C1=C\CCCCCC/1.CC(Cc1ccccc1)C(C)Cc1ccccc1. The first kappa shape index (κ1) is 20.5. The van der Waals surface area contributed by atoms with Gasteiger partial charge in [0, 0.05) is 0 Å². The Labute approximate surface area is 161 Å². The van der Waals surface area contributed by atoms with Gasteiger partial charge in [-0.3, -0.25) is 0 Å². The number of rotatable bonds is 5. The summed E-state index contributed by atoms with van der Waals surface area (Å²) >= 11 is 0. The van der Waals surface area contributed by atoms with Crippen LogP contribution in [0, 0.1) is 11.8 Å². The molecule has 0 heteroatoms. The largest absolute Gasteiger partial charge is 0.0885 e. The Hall–Kier alpha value is -1.82. The second kappa shape index (κ2) is 12.5. The molecule has 0 radical (unpaired) electrons. The molecule has 0 saturated heterocycles. The molecule has 2 aromatic carbocycles. The van der Waals surface area contributed by atoms with Crippen molar-refractivity contribution < 1.29 is 0 Å². The molecule has 1 aliphatic rings. The zero-order valence-electron chi connectivity index (χ0n) is 16.7. The van der Waals surface area contributed by atoms with Gasteiger partial charge < -0.3 is 0 Å². The van der Waals surface area contributed by atoms with Gasteiger partial charge in [-0.2, -0.15) is 0 Å². The van der Waals surface area contributed by atoms with Crippen LogP contribution in [0.15, 0.2) is 72.8 Å². The van der Waals surface area contributed by atoms with E-state index in [0.717, 1.165) is 0 Å². The third kappa shape index (κ3) is 8.52. The van der Waals surface area contributed by atoms with Crippen LogP contribution in [0.1, 0.15) is 63.5 Å². The molecule has 3 rings (SSSR count). The highest BCUT2D eigenvalue weighted by Crippen LogP contribution is 2.21. The molecule has 0 nitrogen and oxygen atoms in total. The molecule has 26 heavy (non-hydrogen) atoms. The molecule has 1 aliphatic carbocycles. The molecule has 0 saturated carbocycles. The van der Waals surface area contributed by atoms with E-state index in [1.54, 1.807) is 0 Å². The quantitative estimate of drug-likeness (QED) is 0.487. The maximum Gasteiger partial charge on any atom is -0.0250 e. The topological polar surface area (TPSA) is 0 Å². The van der Waals surface area contributed by atoms with Gasteiger partial charge in [-0.15, -0.1) is 0 Å². The first-order chi connectivity index (χ1) is 12.8. The molecule has 2 atom stereocenters. The monoisotopic (exact) mass is 348 g/mol. The minimum Gasteiger partial charge on any atom is -0.0885 e. The number of benzene rings is 2. The van der Waals surface area contributed by atoms with Gasteiger partial charge in [0.15, 0.2) is 0 Å². The van der Waals surface area contributed by atoms with Gasteiger partial charge in [-0.25, -0.2) is 0 Å². The van der Waals surface area contributed by atoms with Gasteiger partial charge in [-0.05, 0) is 61.5 Å². The van der Waals surface area contributed by atoms with Crippen LogP contribution in [0.3, 0.4) is 0 Å². The van der Waals surface area contributed by atoms with Crippen LogP contribution in [-0.4, -0.2) is 0 Å². The molecular formula is C26H36. The lowest BCUT2D eigenvalue weighted by molar-refractivity contribution is 0.383. The fourth-order valence-electron chi connectivity index (χ4n) is 3.49. The van der Waals surface area contributed by atoms with Gasteiger partial charge in [-0.1, -0.05) is 99.5 Å². The summed E-state index contributed by atoms with van der Waals surface area (Å²) < 4.78 is 0. The van der Waals surface area contributed by atoms with E-state index in [-0.39, 0.29) is 0 Å². The van der Waals surface area contributed by atoms with Crippen molar-refractivity contribution in [3.05, 3.63) is 83.9 Å². The van der Waals surface area contributed by atoms with Crippen LogP contribution < -0.4 is 0 Å². The minimum absolute atomic E-state index is 0.715. The lowest BCUT2D eigenvalue weighted by Crippen LogP contribution is -2.13. The summed E-state index contributed by atoms with van der Waals surface area (Å²) in [5.74, 6) is 1.43. The summed E-state index contributed by atoms with van der Waals surface area (Å²) in [5, 5.41) is 0. The highest BCUT2D eigenvalue weighted by molar-refractivity contribution is 5.17. The average Bonchev–Trinajstić information content (AvgIpc) is 2.63. The molecule has 0 spiro atoms. The summed E-state index contributed by atoms with van der Waals surface area (Å²) in [7, 11) is 0. The molecule has 0 bridgehead atoms. The Bertz CT molecular complexity index is 541. The normalized spacial score (nSPS) is 17.8. The van der Waals surface area contributed by atoms with E-state index in [2.05, 4.69) is 86.7 Å². The number of allylic oxidation sites excluding steroid dienone is 2. The fourth-order valence-corrected chi connectivity index (χ4v) is 3.49. The highest BCUT2D eigenvalue weighted by atomic mass is 14.2. The molecule has 0 fully saturated rings. The Balaban J connectivity index is 0.000000254. The van der Waals surface area contributed by atoms with Gasteiger partial charge in [0.1, 0.15) is 0 Å². The van der Waals surface area contributed by atoms with E-state index in [1.807, 2.05) is 0 Å². The first-order valence-electron chi connectivity index (χ1n) is 10.5.